The third kappa shape index (κ3) is 4.57. The summed E-state index contributed by atoms with van der Waals surface area (Å²) in [6.07, 6.45) is 0. The number of rotatable bonds is 4. The molecule has 3 aromatic rings. The molecule has 1 heterocycles. The second-order valence-corrected chi connectivity index (χ2v) is 6.32. The summed E-state index contributed by atoms with van der Waals surface area (Å²) in [6, 6.07) is 9.72. The number of carbonyl (C=O) groups is 1. The third-order valence-electron chi connectivity index (χ3n) is 3.71. The van der Waals surface area contributed by atoms with Crippen LogP contribution in [-0.2, 0) is 0 Å². The first-order chi connectivity index (χ1) is 12.8. The maximum Gasteiger partial charge on any atom is 0.274 e. The minimum absolute atomic E-state index is 0.000885. The molecule has 0 aliphatic rings. The number of benzene rings is 2. The average molecular weight is 389 g/mol. The number of anilines is 3. The van der Waals surface area contributed by atoms with Gasteiger partial charge in [-0.2, -0.15) is 0 Å². The van der Waals surface area contributed by atoms with Crippen LogP contribution < -0.4 is 10.6 Å². The van der Waals surface area contributed by atoms with E-state index in [0.717, 1.165) is 17.7 Å². The van der Waals surface area contributed by atoms with Gasteiger partial charge < -0.3 is 10.6 Å². The summed E-state index contributed by atoms with van der Waals surface area (Å²) in [6.45, 7) is 3.51. The van der Waals surface area contributed by atoms with E-state index in [-0.39, 0.29) is 17.3 Å². The lowest BCUT2D eigenvalue weighted by molar-refractivity contribution is 0.102. The van der Waals surface area contributed by atoms with Gasteiger partial charge >= 0.3 is 0 Å². The van der Waals surface area contributed by atoms with Crippen molar-refractivity contribution in [1.82, 2.24) is 9.97 Å². The molecule has 0 saturated heterocycles. The van der Waals surface area contributed by atoms with E-state index in [9.17, 15) is 13.6 Å². The molecule has 0 aliphatic carbocycles. The van der Waals surface area contributed by atoms with Crippen LogP contribution in [0, 0.1) is 25.5 Å². The van der Waals surface area contributed by atoms with Crippen LogP contribution >= 0.6 is 11.6 Å². The molecular weight excluding hydrogens is 374 g/mol. The predicted octanol–water partition coefficient (Wildman–Crippen LogP) is 5.02. The standard InChI is InChI=1S/C19H15ClF2N4O/c1-10-3-4-12(20)8-16(10)24-18(27)17-7-11(2)23-19(26-17)25-15-6-5-13(21)9-14(15)22/h3-9H,1-2H3,(H,24,27)(H,23,25,26). The molecule has 2 aromatic carbocycles. The van der Waals surface area contributed by atoms with Crippen molar-refractivity contribution in [2.75, 3.05) is 10.6 Å². The lowest BCUT2D eigenvalue weighted by Crippen LogP contribution is -2.16. The molecule has 138 valence electrons. The van der Waals surface area contributed by atoms with Gasteiger partial charge in [-0.15, -0.1) is 0 Å². The van der Waals surface area contributed by atoms with Crippen LogP contribution in [0.2, 0.25) is 5.02 Å². The van der Waals surface area contributed by atoms with Crippen molar-refractivity contribution >= 4 is 34.8 Å². The first-order valence-corrected chi connectivity index (χ1v) is 8.35. The van der Waals surface area contributed by atoms with Crippen molar-refractivity contribution in [2.45, 2.75) is 13.8 Å². The van der Waals surface area contributed by atoms with Crippen molar-refractivity contribution in [2.24, 2.45) is 0 Å². The fourth-order valence-electron chi connectivity index (χ4n) is 2.37. The first-order valence-electron chi connectivity index (χ1n) is 7.97. The van der Waals surface area contributed by atoms with Crippen molar-refractivity contribution in [1.29, 1.82) is 0 Å². The molecule has 5 nitrogen and oxygen atoms in total. The van der Waals surface area contributed by atoms with E-state index in [1.54, 1.807) is 25.1 Å². The van der Waals surface area contributed by atoms with Crippen molar-refractivity contribution in [3.05, 3.63) is 76.1 Å². The molecule has 0 atom stereocenters. The molecular formula is C19H15ClF2N4O. The van der Waals surface area contributed by atoms with Gasteiger partial charge in [0, 0.05) is 22.5 Å². The van der Waals surface area contributed by atoms with E-state index in [1.807, 2.05) is 6.92 Å². The maximum absolute atomic E-state index is 13.8. The van der Waals surface area contributed by atoms with Gasteiger partial charge in [-0.25, -0.2) is 18.7 Å². The van der Waals surface area contributed by atoms with Crippen LogP contribution in [0.4, 0.5) is 26.1 Å². The molecule has 0 spiro atoms. The number of hydrogen-bond acceptors (Lipinski definition) is 4. The smallest absolute Gasteiger partial charge is 0.274 e. The van der Waals surface area contributed by atoms with Crippen LogP contribution in [0.1, 0.15) is 21.7 Å². The maximum atomic E-state index is 13.8. The SMILES string of the molecule is Cc1cc(C(=O)Nc2cc(Cl)ccc2C)nc(Nc2ccc(F)cc2F)n1. The Kier molecular flexibility index (Phi) is 5.32. The Morgan fingerprint density at radius 1 is 1.00 bits per heavy atom. The van der Waals surface area contributed by atoms with E-state index >= 15 is 0 Å². The fourth-order valence-corrected chi connectivity index (χ4v) is 2.54. The number of aryl methyl sites for hydroxylation is 2. The van der Waals surface area contributed by atoms with Gasteiger partial charge in [0.15, 0.2) is 0 Å². The molecule has 8 heteroatoms. The lowest BCUT2D eigenvalue weighted by Gasteiger charge is -2.11. The van der Waals surface area contributed by atoms with Gasteiger partial charge in [-0.3, -0.25) is 4.79 Å². The number of nitrogens with zero attached hydrogens (tertiary/aromatic N) is 2. The minimum Gasteiger partial charge on any atom is -0.322 e. The van der Waals surface area contributed by atoms with Crippen LogP contribution in [0.3, 0.4) is 0 Å². The Morgan fingerprint density at radius 3 is 2.52 bits per heavy atom. The number of carbonyl (C=O) groups excluding carboxylic acids is 1. The van der Waals surface area contributed by atoms with Crippen LogP contribution in [0.15, 0.2) is 42.5 Å². The predicted molar refractivity (Wildman–Crippen MR) is 101 cm³/mol. The Labute approximate surface area is 159 Å². The Hall–Kier alpha value is -3.06. The van der Waals surface area contributed by atoms with Gasteiger partial charge in [0.05, 0.1) is 5.69 Å². The molecule has 3 rings (SSSR count). The summed E-state index contributed by atoms with van der Waals surface area (Å²) >= 11 is 5.96. The highest BCUT2D eigenvalue weighted by Crippen LogP contribution is 2.22. The van der Waals surface area contributed by atoms with E-state index in [1.165, 1.54) is 12.1 Å². The van der Waals surface area contributed by atoms with Gasteiger partial charge in [0.1, 0.15) is 17.3 Å². The topological polar surface area (TPSA) is 66.9 Å². The highest BCUT2D eigenvalue weighted by molar-refractivity contribution is 6.31. The summed E-state index contributed by atoms with van der Waals surface area (Å²) in [5, 5.41) is 5.88. The largest absolute Gasteiger partial charge is 0.322 e. The van der Waals surface area contributed by atoms with Crippen molar-refractivity contribution < 1.29 is 13.6 Å². The number of amides is 1. The summed E-state index contributed by atoms with van der Waals surface area (Å²) in [5.74, 6) is -1.93. The second kappa shape index (κ2) is 7.67. The summed E-state index contributed by atoms with van der Waals surface area (Å²) < 4.78 is 26.8. The summed E-state index contributed by atoms with van der Waals surface area (Å²) in [7, 11) is 0. The Bertz CT molecular complexity index is 1030. The molecule has 0 unspecified atom stereocenters. The van der Waals surface area contributed by atoms with Gasteiger partial charge in [0.25, 0.3) is 5.91 Å². The molecule has 27 heavy (non-hydrogen) atoms. The minimum atomic E-state index is -0.791. The Morgan fingerprint density at radius 2 is 1.78 bits per heavy atom. The number of halogens is 3. The average Bonchev–Trinajstić information content (AvgIpc) is 2.60. The number of hydrogen-bond donors (Lipinski definition) is 2. The number of nitrogens with one attached hydrogen (secondary N) is 2. The highest BCUT2D eigenvalue weighted by atomic mass is 35.5. The molecule has 0 saturated carbocycles. The molecule has 1 aromatic heterocycles. The van der Waals surface area contributed by atoms with Gasteiger partial charge in [0.2, 0.25) is 5.95 Å². The van der Waals surface area contributed by atoms with Crippen molar-refractivity contribution in [3.63, 3.8) is 0 Å². The zero-order valence-electron chi connectivity index (χ0n) is 14.5. The number of aromatic nitrogens is 2. The zero-order valence-corrected chi connectivity index (χ0v) is 15.2. The molecule has 1 amide bonds. The normalized spacial score (nSPS) is 10.6. The van der Waals surface area contributed by atoms with Gasteiger partial charge in [-0.1, -0.05) is 17.7 Å². The molecule has 2 N–H and O–H groups in total. The van der Waals surface area contributed by atoms with Crippen LogP contribution in [0.25, 0.3) is 0 Å². The zero-order chi connectivity index (χ0) is 19.6. The van der Waals surface area contributed by atoms with Crippen molar-refractivity contribution in [3.8, 4) is 0 Å². The van der Waals surface area contributed by atoms with E-state index in [2.05, 4.69) is 20.6 Å². The van der Waals surface area contributed by atoms with E-state index in [4.69, 9.17) is 11.6 Å². The van der Waals surface area contributed by atoms with E-state index < -0.39 is 17.5 Å². The molecule has 0 radical (unpaired) electrons. The van der Waals surface area contributed by atoms with Crippen LogP contribution in [-0.4, -0.2) is 15.9 Å². The lowest BCUT2D eigenvalue weighted by atomic mass is 10.2. The second-order valence-electron chi connectivity index (χ2n) is 5.88. The first kappa shape index (κ1) is 18.7. The molecule has 0 fully saturated rings. The monoisotopic (exact) mass is 388 g/mol. The quantitative estimate of drug-likeness (QED) is 0.658. The van der Waals surface area contributed by atoms with E-state index in [0.29, 0.717) is 16.4 Å². The highest BCUT2D eigenvalue weighted by Gasteiger charge is 2.14. The summed E-state index contributed by atoms with van der Waals surface area (Å²) in [4.78, 5) is 20.8. The molecule has 0 bridgehead atoms. The molecule has 0 aliphatic heterocycles. The summed E-state index contributed by atoms with van der Waals surface area (Å²) in [5.41, 5.74) is 1.99. The van der Waals surface area contributed by atoms with Crippen LogP contribution in [0.5, 0.6) is 0 Å². The third-order valence-corrected chi connectivity index (χ3v) is 3.95. The fraction of sp³-hybridized carbons (Fsp3) is 0.105. The Balaban J connectivity index is 1.86. The van der Waals surface area contributed by atoms with Gasteiger partial charge in [-0.05, 0) is 49.7 Å².